The molecule has 0 heterocycles. The lowest BCUT2D eigenvalue weighted by Gasteiger charge is -2.12. The molecule has 0 aromatic heterocycles. The first-order chi connectivity index (χ1) is 3.68. The summed E-state index contributed by atoms with van der Waals surface area (Å²) >= 11 is 0. The van der Waals surface area contributed by atoms with Gasteiger partial charge in [-0.1, -0.05) is 13.8 Å². The Labute approximate surface area is 51.2 Å². The molecule has 0 aliphatic rings. The Morgan fingerprint density at radius 1 is 1.50 bits per heavy atom. The maximum Gasteiger partial charge on any atom is 0.0108 e. The van der Waals surface area contributed by atoms with E-state index in [9.17, 15) is 0 Å². The zero-order chi connectivity index (χ0) is 6.57. The predicted molar refractivity (Wildman–Crippen MR) is 36.2 cm³/mol. The Balaban J connectivity index is 3.17. The van der Waals surface area contributed by atoms with Crippen LogP contribution in [0.3, 0.4) is 0 Å². The largest absolute Gasteiger partial charge is 0.330 e. The summed E-state index contributed by atoms with van der Waals surface area (Å²) < 4.78 is 0. The van der Waals surface area contributed by atoms with Crippen molar-refractivity contribution in [3.05, 3.63) is 5.92 Å². The van der Waals surface area contributed by atoms with Crippen LogP contribution in [0.1, 0.15) is 20.3 Å². The quantitative estimate of drug-likeness (QED) is 0.555. The fraction of sp³-hybridized carbons (Fsp3) is 0.833. The summed E-state index contributed by atoms with van der Waals surface area (Å²) in [6, 6.07) is 0.208. The molecule has 0 bridgehead atoms. The Morgan fingerprint density at radius 3 is 2.12 bits per heavy atom. The van der Waals surface area contributed by atoms with E-state index in [1.54, 1.807) is 0 Å². The molecule has 0 saturated heterocycles. The zero-order valence-corrected chi connectivity index (χ0v) is 5.65. The van der Waals surface area contributed by atoms with Crippen LogP contribution in [0, 0.1) is 5.92 Å². The highest BCUT2D eigenvalue weighted by molar-refractivity contribution is 4.90. The lowest BCUT2D eigenvalue weighted by molar-refractivity contribution is 0.636. The van der Waals surface area contributed by atoms with E-state index in [-0.39, 0.29) is 6.04 Å². The number of rotatable bonds is 3. The van der Waals surface area contributed by atoms with E-state index < -0.39 is 0 Å². The van der Waals surface area contributed by atoms with E-state index in [0.717, 1.165) is 6.42 Å². The molecule has 2 nitrogen and oxygen atoms in total. The van der Waals surface area contributed by atoms with Crippen LogP contribution in [-0.2, 0) is 0 Å². The minimum atomic E-state index is 0.208. The summed E-state index contributed by atoms with van der Waals surface area (Å²) in [6.45, 7) is 4.74. The first-order valence-electron chi connectivity index (χ1n) is 2.94. The molecular weight excluding hydrogens is 100 g/mol. The Bertz CT molecular complexity index is 52.5. The lowest BCUT2D eigenvalue weighted by atomic mass is 10.0. The molecule has 0 amide bonds. The summed E-state index contributed by atoms with van der Waals surface area (Å²) in [5.74, 6) is 1.26. The molecule has 8 heavy (non-hydrogen) atoms. The Hall–Kier alpha value is -0.0800. The van der Waals surface area contributed by atoms with Crippen LogP contribution in [0.4, 0.5) is 0 Å². The standard InChI is InChI=1S/C6H15N2/c1-5(2)6(8)3-4-7/h6H,3-4,7-8H2,1-2H3. The molecule has 1 unspecified atom stereocenters. The molecule has 0 rings (SSSR count). The molecule has 0 aromatic rings. The van der Waals surface area contributed by atoms with Gasteiger partial charge in [0.1, 0.15) is 0 Å². The number of hydrogen-bond acceptors (Lipinski definition) is 2. The van der Waals surface area contributed by atoms with E-state index in [1.165, 1.54) is 5.92 Å². The highest BCUT2D eigenvalue weighted by atomic mass is 14.7. The lowest BCUT2D eigenvalue weighted by Crippen LogP contribution is -2.27. The van der Waals surface area contributed by atoms with Crippen molar-refractivity contribution in [2.24, 2.45) is 11.5 Å². The second kappa shape index (κ2) is 3.87. The third-order valence-electron chi connectivity index (χ3n) is 1.22. The van der Waals surface area contributed by atoms with Gasteiger partial charge in [-0.3, -0.25) is 0 Å². The zero-order valence-electron chi connectivity index (χ0n) is 5.65. The van der Waals surface area contributed by atoms with Gasteiger partial charge in [0, 0.05) is 6.04 Å². The van der Waals surface area contributed by atoms with E-state index in [2.05, 4.69) is 0 Å². The molecule has 0 saturated carbocycles. The van der Waals surface area contributed by atoms with Gasteiger partial charge in [-0.05, 0) is 18.9 Å². The molecule has 4 N–H and O–H groups in total. The first kappa shape index (κ1) is 7.92. The van der Waals surface area contributed by atoms with Crippen LogP contribution in [0.25, 0.3) is 0 Å². The van der Waals surface area contributed by atoms with Gasteiger partial charge in [0.05, 0.1) is 0 Å². The topological polar surface area (TPSA) is 52.0 Å². The third-order valence-corrected chi connectivity index (χ3v) is 1.22. The minimum absolute atomic E-state index is 0.208. The van der Waals surface area contributed by atoms with Gasteiger partial charge in [0.15, 0.2) is 0 Å². The first-order valence-corrected chi connectivity index (χ1v) is 2.94. The summed E-state index contributed by atoms with van der Waals surface area (Å²) in [5, 5.41) is 0. The molecule has 0 spiro atoms. The van der Waals surface area contributed by atoms with Crippen molar-refractivity contribution < 1.29 is 0 Å². The molecule has 1 atom stereocenters. The normalized spacial score (nSPS) is 14.6. The van der Waals surface area contributed by atoms with Crippen LogP contribution in [-0.4, -0.2) is 12.6 Å². The monoisotopic (exact) mass is 115 g/mol. The van der Waals surface area contributed by atoms with Crippen LogP contribution < -0.4 is 11.5 Å². The predicted octanol–water partition coefficient (Wildman–Crippen LogP) is 0.277. The van der Waals surface area contributed by atoms with Crippen LogP contribution in [0.15, 0.2) is 0 Å². The van der Waals surface area contributed by atoms with Crippen molar-refractivity contribution >= 4 is 0 Å². The fourth-order valence-corrected chi connectivity index (χ4v) is 0.468. The maximum absolute atomic E-state index is 5.61. The van der Waals surface area contributed by atoms with Gasteiger partial charge in [0.25, 0.3) is 0 Å². The van der Waals surface area contributed by atoms with E-state index >= 15 is 0 Å². The van der Waals surface area contributed by atoms with Crippen molar-refractivity contribution in [2.75, 3.05) is 6.54 Å². The molecule has 0 fully saturated rings. The van der Waals surface area contributed by atoms with Gasteiger partial charge in [-0.25, -0.2) is 0 Å². The van der Waals surface area contributed by atoms with Gasteiger partial charge in [0.2, 0.25) is 0 Å². The molecule has 0 aliphatic heterocycles. The SMILES string of the molecule is C[C](C)C(N)CCN. The van der Waals surface area contributed by atoms with Gasteiger partial charge in [-0.15, -0.1) is 0 Å². The molecule has 0 aromatic carbocycles. The third kappa shape index (κ3) is 2.99. The Morgan fingerprint density at radius 2 is 2.00 bits per heavy atom. The van der Waals surface area contributed by atoms with Crippen molar-refractivity contribution in [3.63, 3.8) is 0 Å². The summed E-state index contributed by atoms with van der Waals surface area (Å²) in [6.07, 6.45) is 0.905. The summed E-state index contributed by atoms with van der Waals surface area (Å²) in [5.41, 5.74) is 10.9. The van der Waals surface area contributed by atoms with Crippen molar-refractivity contribution in [3.8, 4) is 0 Å². The maximum atomic E-state index is 5.61. The van der Waals surface area contributed by atoms with Gasteiger partial charge in [-0.2, -0.15) is 0 Å². The van der Waals surface area contributed by atoms with Crippen molar-refractivity contribution in [2.45, 2.75) is 26.3 Å². The van der Waals surface area contributed by atoms with Crippen LogP contribution in [0.5, 0.6) is 0 Å². The van der Waals surface area contributed by atoms with E-state index in [0.29, 0.717) is 6.54 Å². The van der Waals surface area contributed by atoms with Gasteiger partial charge < -0.3 is 11.5 Å². The summed E-state index contributed by atoms with van der Waals surface area (Å²) in [4.78, 5) is 0. The highest BCUT2D eigenvalue weighted by Crippen LogP contribution is 2.02. The van der Waals surface area contributed by atoms with Crippen molar-refractivity contribution in [1.82, 2.24) is 0 Å². The number of hydrogen-bond donors (Lipinski definition) is 2. The number of nitrogens with two attached hydrogens (primary N) is 2. The molecule has 49 valence electrons. The van der Waals surface area contributed by atoms with E-state index in [1.807, 2.05) is 13.8 Å². The smallest absolute Gasteiger partial charge is 0.0108 e. The molecular formula is C6H15N2. The average molecular weight is 115 g/mol. The van der Waals surface area contributed by atoms with Gasteiger partial charge >= 0.3 is 0 Å². The fourth-order valence-electron chi connectivity index (χ4n) is 0.468. The highest BCUT2D eigenvalue weighted by Gasteiger charge is 2.04. The molecule has 1 radical (unpaired) electrons. The summed E-state index contributed by atoms with van der Waals surface area (Å²) in [7, 11) is 0. The Kier molecular flexibility index (Phi) is 3.83. The second-order valence-electron chi connectivity index (χ2n) is 2.26. The second-order valence-corrected chi connectivity index (χ2v) is 2.26. The van der Waals surface area contributed by atoms with E-state index in [4.69, 9.17) is 11.5 Å². The van der Waals surface area contributed by atoms with Crippen molar-refractivity contribution in [1.29, 1.82) is 0 Å². The minimum Gasteiger partial charge on any atom is -0.330 e. The molecule has 0 aliphatic carbocycles. The molecule has 2 heteroatoms. The average Bonchev–Trinajstić information content (AvgIpc) is 1.67. The van der Waals surface area contributed by atoms with Crippen LogP contribution >= 0.6 is 0 Å². The van der Waals surface area contributed by atoms with Crippen LogP contribution in [0.2, 0.25) is 0 Å².